The topological polar surface area (TPSA) is 55.9 Å². The second-order valence-electron chi connectivity index (χ2n) is 10.1. The van der Waals surface area contributed by atoms with E-state index >= 15 is 0 Å². The summed E-state index contributed by atoms with van der Waals surface area (Å²) in [7, 11) is 0. The fourth-order valence-electron chi connectivity index (χ4n) is 5.14. The van der Waals surface area contributed by atoms with Crippen LogP contribution in [0.1, 0.15) is 36.8 Å². The number of hydrogen-bond acceptors (Lipinski definition) is 4. The Bertz CT molecular complexity index is 961. The molecule has 1 N–H and O–H groups in total. The molecule has 2 aliphatic rings. The third-order valence-electron chi connectivity index (χ3n) is 7.33. The van der Waals surface area contributed by atoms with Crippen LogP contribution in [0.5, 0.6) is 0 Å². The summed E-state index contributed by atoms with van der Waals surface area (Å²) >= 11 is 0. The molecule has 2 heterocycles. The van der Waals surface area contributed by atoms with E-state index in [1.165, 1.54) is 17.7 Å². The van der Waals surface area contributed by atoms with E-state index in [0.717, 1.165) is 70.5 Å². The lowest BCUT2D eigenvalue weighted by atomic mass is 9.96. The molecule has 0 aliphatic carbocycles. The van der Waals surface area contributed by atoms with Crippen molar-refractivity contribution in [3.05, 3.63) is 71.5 Å². The molecule has 2 saturated heterocycles. The smallest absolute Gasteiger partial charge is 0.227 e. The maximum absolute atomic E-state index is 13.1. The number of likely N-dealkylation sites (tertiary alicyclic amines) is 1. The molecule has 2 fully saturated rings. The van der Waals surface area contributed by atoms with Crippen LogP contribution in [0.15, 0.2) is 54.6 Å². The molecule has 1 unspecified atom stereocenters. The van der Waals surface area contributed by atoms with Crippen LogP contribution in [0.2, 0.25) is 0 Å². The molecule has 0 bridgehead atoms. The van der Waals surface area contributed by atoms with Crippen molar-refractivity contribution in [2.75, 3.05) is 52.4 Å². The summed E-state index contributed by atoms with van der Waals surface area (Å²) in [5.41, 5.74) is 2.17. The molecule has 2 amide bonds. The first-order valence-electron chi connectivity index (χ1n) is 13.4. The number of hydrogen-bond donors (Lipinski definition) is 1. The minimum Gasteiger partial charge on any atom is -0.356 e. The Hall–Kier alpha value is -2.77. The van der Waals surface area contributed by atoms with Crippen LogP contribution in [-0.4, -0.2) is 78.9 Å². The van der Waals surface area contributed by atoms with Gasteiger partial charge in [0.1, 0.15) is 5.82 Å². The average molecular weight is 495 g/mol. The van der Waals surface area contributed by atoms with E-state index in [9.17, 15) is 14.0 Å². The quantitative estimate of drug-likeness (QED) is 0.515. The first kappa shape index (κ1) is 26.3. The summed E-state index contributed by atoms with van der Waals surface area (Å²) in [4.78, 5) is 32.2. The van der Waals surface area contributed by atoms with Gasteiger partial charge in [-0.2, -0.15) is 0 Å². The molecular formula is C29H39FN4O2. The third kappa shape index (κ3) is 8.14. The van der Waals surface area contributed by atoms with Gasteiger partial charge in [0.25, 0.3) is 0 Å². The van der Waals surface area contributed by atoms with Gasteiger partial charge in [0, 0.05) is 52.4 Å². The molecular weight excluding hydrogens is 455 g/mol. The molecule has 7 heteroatoms. The summed E-state index contributed by atoms with van der Waals surface area (Å²) in [6, 6.07) is 16.7. The van der Waals surface area contributed by atoms with E-state index in [1.54, 1.807) is 17.0 Å². The Morgan fingerprint density at radius 2 is 1.58 bits per heavy atom. The number of unbranched alkanes of at least 4 members (excludes halogenated alkanes) is 1. The molecule has 4 rings (SSSR count). The highest BCUT2D eigenvalue weighted by Crippen LogP contribution is 2.18. The zero-order valence-corrected chi connectivity index (χ0v) is 21.2. The second-order valence-corrected chi connectivity index (χ2v) is 10.1. The number of piperidine rings is 1. The molecule has 0 saturated carbocycles. The van der Waals surface area contributed by atoms with Gasteiger partial charge in [0.05, 0.1) is 12.3 Å². The van der Waals surface area contributed by atoms with Crippen molar-refractivity contribution in [3.63, 3.8) is 0 Å². The molecule has 1 atom stereocenters. The molecule has 0 spiro atoms. The standard InChI is InChI=1S/C29H39FN4O2/c30-27-12-10-24(11-13-27)21-28(35)34-16-6-9-26(23-34)29(36)31-14-4-5-15-32-17-19-33(20-18-32)22-25-7-2-1-3-8-25/h1-3,7-8,10-13,26H,4-6,9,14-23H2,(H,31,36). The first-order valence-corrected chi connectivity index (χ1v) is 13.4. The molecule has 6 nitrogen and oxygen atoms in total. The number of nitrogens with zero attached hydrogens (tertiary/aromatic N) is 3. The van der Waals surface area contributed by atoms with Crippen molar-refractivity contribution in [1.82, 2.24) is 20.0 Å². The fourth-order valence-corrected chi connectivity index (χ4v) is 5.14. The lowest BCUT2D eigenvalue weighted by Crippen LogP contribution is -2.46. The molecule has 2 aromatic carbocycles. The predicted octanol–water partition coefficient (Wildman–Crippen LogP) is 3.32. The second kappa shape index (κ2) is 13.5. The third-order valence-corrected chi connectivity index (χ3v) is 7.33. The van der Waals surface area contributed by atoms with E-state index in [-0.39, 0.29) is 30.0 Å². The fraction of sp³-hybridized carbons (Fsp3) is 0.517. The van der Waals surface area contributed by atoms with Gasteiger partial charge < -0.3 is 15.1 Å². The number of rotatable bonds is 10. The highest BCUT2D eigenvalue weighted by molar-refractivity contribution is 5.82. The van der Waals surface area contributed by atoms with Crippen LogP contribution in [0.3, 0.4) is 0 Å². The van der Waals surface area contributed by atoms with Crippen molar-refractivity contribution >= 4 is 11.8 Å². The summed E-state index contributed by atoms with van der Waals surface area (Å²) in [6.45, 7) is 8.34. The zero-order valence-electron chi connectivity index (χ0n) is 21.2. The molecule has 0 aromatic heterocycles. The Labute approximate surface area is 214 Å². The number of carbonyl (C=O) groups is 2. The maximum Gasteiger partial charge on any atom is 0.227 e. The number of benzene rings is 2. The highest BCUT2D eigenvalue weighted by Gasteiger charge is 2.28. The number of amides is 2. The Balaban J connectivity index is 1.08. The van der Waals surface area contributed by atoms with Gasteiger partial charge in [0.2, 0.25) is 11.8 Å². The van der Waals surface area contributed by atoms with E-state index in [0.29, 0.717) is 19.6 Å². The molecule has 2 aromatic rings. The van der Waals surface area contributed by atoms with Gasteiger partial charge in [-0.1, -0.05) is 42.5 Å². The van der Waals surface area contributed by atoms with Crippen molar-refractivity contribution in [3.8, 4) is 0 Å². The Kier molecular flexibility index (Phi) is 9.87. The summed E-state index contributed by atoms with van der Waals surface area (Å²) < 4.78 is 13.1. The zero-order chi connectivity index (χ0) is 25.2. The van der Waals surface area contributed by atoms with E-state index < -0.39 is 0 Å². The summed E-state index contributed by atoms with van der Waals surface area (Å²) in [5.74, 6) is -0.386. The number of halogens is 1. The molecule has 36 heavy (non-hydrogen) atoms. The Morgan fingerprint density at radius 1 is 0.861 bits per heavy atom. The highest BCUT2D eigenvalue weighted by atomic mass is 19.1. The predicted molar refractivity (Wildman–Crippen MR) is 140 cm³/mol. The number of nitrogens with one attached hydrogen (secondary N) is 1. The minimum absolute atomic E-state index is 0.00275. The van der Waals surface area contributed by atoms with Crippen molar-refractivity contribution in [2.45, 2.75) is 38.6 Å². The monoisotopic (exact) mass is 494 g/mol. The van der Waals surface area contributed by atoms with Crippen LogP contribution in [-0.2, 0) is 22.6 Å². The molecule has 194 valence electrons. The van der Waals surface area contributed by atoms with Gasteiger partial charge in [-0.25, -0.2) is 4.39 Å². The maximum atomic E-state index is 13.1. The van der Waals surface area contributed by atoms with Gasteiger partial charge in [-0.15, -0.1) is 0 Å². The van der Waals surface area contributed by atoms with Crippen LogP contribution in [0.25, 0.3) is 0 Å². The first-order chi connectivity index (χ1) is 17.6. The summed E-state index contributed by atoms with van der Waals surface area (Å²) in [5, 5.41) is 3.09. The van der Waals surface area contributed by atoms with Gasteiger partial charge in [-0.05, 0) is 55.5 Å². The number of piperazine rings is 1. The summed E-state index contributed by atoms with van der Waals surface area (Å²) in [6.07, 6.45) is 3.94. The van der Waals surface area contributed by atoms with Crippen LogP contribution < -0.4 is 5.32 Å². The van der Waals surface area contributed by atoms with E-state index in [4.69, 9.17) is 0 Å². The van der Waals surface area contributed by atoms with Gasteiger partial charge in [0.15, 0.2) is 0 Å². The lowest BCUT2D eigenvalue weighted by Gasteiger charge is -2.34. The largest absolute Gasteiger partial charge is 0.356 e. The number of carbonyl (C=O) groups excluding carboxylic acids is 2. The van der Waals surface area contributed by atoms with Crippen molar-refractivity contribution < 1.29 is 14.0 Å². The van der Waals surface area contributed by atoms with Crippen LogP contribution in [0.4, 0.5) is 4.39 Å². The van der Waals surface area contributed by atoms with E-state index in [2.05, 4.69) is 45.4 Å². The van der Waals surface area contributed by atoms with E-state index in [1.807, 2.05) is 0 Å². The minimum atomic E-state index is -0.303. The average Bonchev–Trinajstić information content (AvgIpc) is 2.91. The van der Waals surface area contributed by atoms with Crippen LogP contribution in [0, 0.1) is 11.7 Å². The van der Waals surface area contributed by atoms with Crippen molar-refractivity contribution in [2.24, 2.45) is 5.92 Å². The van der Waals surface area contributed by atoms with Crippen molar-refractivity contribution in [1.29, 1.82) is 0 Å². The molecule has 2 aliphatic heterocycles. The lowest BCUT2D eigenvalue weighted by molar-refractivity contribution is -0.135. The van der Waals surface area contributed by atoms with Crippen LogP contribution >= 0.6 is 0 Å². The SMILES string of the molecule is O=C(NCCCCN1CCN(Cc2ccccc2)CC1)C1CCCN(C(=O)Cc2ccc(F)cc2)C1. The normalized spacial score (nSPS) is 19.2. The Morgan fingerprint density at radius 3 is 2.33 bits per heavy atom. The van der Waals surface area contributed by atoms with Gasteiger partial charge >= 0.3 is 0 Å². The molecule has 0 radical (unpaired) electrons. The van der Waals surface area contributed by atoms with Gasteiger partial charge in [-0.3, -0.25) is 14.5 Å².